The third-order valence-electron chi connectivity index (χ3n) is 8.82. The maximum atomic E-state index is 14.1. The van der Waals surface area contributed by atoms with Crippen LogP contribution in [-0.4, -0.2) is 92.4 Å². The molecule has 4 aliphatic rings. The number of nitrogens with one attached hydrogen (secondary N) is 1. The van der Waals surface area contributed by atoms with Crippen molar-refractivity contribution < 1.29 is 31.0 Å². The first-order valence-electron chi connectivity index (χ1n) is 12.2. The lowest BCUT2D eigenvalue weighted by Gasteiger charge is -2.46. The zero-order valence-corrected chi connectivity index (χ0v) is 20.7. The maximum Gasteiger partial charge on any atom is 0.409 e. The van der Waals surface area contributed by atoms with E-state index in [-0.39, 0.29) is 22.3 Å². The predicted octanol–water partition coefficient (Wildman–Crippen LogP) is 2.21. The molecule has 1 amide bonds. The number of amides is 1. The number of piperidine rings is 3. The molecular weight excluding hydrogens is 457 g/mol. The Morgan fingerprint density at radius 1 is 1.00 bits per heavy atom. The van der Waals surface area contributed by atoms with E-state index in [1.54, 1.807) is 11.9 Å². The Bertz CT molecular complexity index is 838. The molecule has 4 saturated heterocycles. The van der Waals surface area contributed by atoms with Crippen LogP contribution in [0, 0.1) is 23.7 Å². The lowest BCUT2D eigenvalue weighted by molar-refractivity contribution is -0.970. The van der Waals surface area contributed by atoms with E-state index in [4.69, 9.17) is 0 Å². The fraction of sp³-hybridized carbons (Fsp3) is 0.955. The first-order chi connectivity index (χ1) is 15.3. The summed E-state index contributed by atoms with van der Waals surface area (Å²) in [5.74, 6) is -0.466. The molecule has 0 aliphatic carbocycles. The molecule has 0 aromatic heterocycles. The number of hydrogen-bond acceptors (Lipinski definition) is 4. The summed E-state index contributed by atoms with van der Waals surface area (Å²) in [6.45, 7) is 4.67. The average Bonchev–Trinajstić information content (AvgIpc) is 3.06. The van der Waals surface area contributed by atoms with E-state index in [0.717, 1.165) is 32.1 Å². The zero-order valence-electron chi connectivity index (χ0n) is 19.9. The third-order valence-corrected chi connectivity index (χ3v) is 10.1. The molecule has 5 unspecified atom stereocenters. The monoisotopic (exact) mass is 495 g/mol. The second-order valence-electron chi connectivity index (χ2n) is 11.0. The second kappa shape index (κ2) is 8.95. The number of nitrogens with zero attached hydrogens (tertiary/aromatic N) is 3. The molecule has 0 spiro atoms. The van der Waals surface area contributed by atoms with Crippen LogP contribution in [0.5, 0.6) is 0 Å². The van der Waals surface area contributed by atoms with E-state index in [2.05, 4.69) is 12.3 Å². The number of hydrogen-bond donors (Lipinski definition) is 1. The summed E-state index contributed by atoms with van der Waals surface area (Å²) < 4.78 is 67.6. The highest BCUT2D eigenvalue weighted by Crippen LogP contribution is 2.46. The SMILES string of the molecule is CC1CCN(C(=O)C2C(C(F)(F)F)N[N+]3(C)CCC(C4CCN(S(C)(=O)=O)CC4)CC23)CC1. The van der Waals surface area contributed by atoms with Gasteiger partial charge in [0.25, 0.3) is 0 Å². The lowest BCUT2D eigenvalue weighted by atomic mass is 9.73. The number of likely N-dealkylation sites (tertiary alicyclic amines) is 1. The van der Waals surface area contributed by atoms with Crippen LogP contribution in [0.15, 0.2) is 0 Å². The Morgan fingerprint density at radius 3 is 2.15 bits per heavy atom. The zero-order chi connectivity index (χ0) is 24.2. The van der Waals surface area contributed by atoms with Crippen LogP contribution in [0.4, 0.5) is 13.2 Å². The average molecular weight is 496 g/mol. The normalized spacial score (nSPS) is 37.8. The molecule has 0 saturated carbocycles. The first kappa shape index (κ1) is 25.2. The summed E-state index contributed by atoms with van der Waals surface area (Å²) in [5.41, 5.74) is 2.82. The van der Waals surface area contributed by atoms with Gasteiger partial charge in [0, 0.05) is 39.0 Å². The first-order valence-corrected chi connectivity index (χ1v) is 14.1. The van der Waals surface area contributed by atoms with Gasteiger partial charge in [-0.05, 0) is 43.4 Å². The van der Waals surface area contributed by atoms with Crippen molar-refractivity contribution in [1.82, 2.24) is 14.6 Å². The van der Waals surface area contributed by atoms with Gasteiger partial charge in [-0.2, -0.15) is 18.6 Å². The van der Waals surface area contributed by atoms with Gasteiger partial charge in [-0.25, -0.2) is 17.3 Å². The third kappa shape index (κ3) is 5.06. The van der Waals surface area contributed by atoms with Crippen LogP contribution in [0.2, 0.25) is 0 Å². The Hall–Kier alpha value is -0.910. The van der Waals surface area contributed by atoms with Crippen molar-refractivity contribution in [1.29, 1.82) is 0 Å². The second-order valence-corrected chi connectivity index (χ2v) is 13.0. The van der Waals surface area contributed by atoms with Gasteiger partial charge in [-0.15, -0.1) is 0 Å². The van der Waals surface area contributed by atoms with E-state index in [1.807, 2.05) is 0 Å². The standard InChI is InChI=1S/C22H38F3N4O3S/c1-15-4-9-27(10-5-15)21(30)19-18-14-17(16-6-11-28(12-7-16)33(3,31)32)8-13-29(18,2)26-20(19)22(23,24)25/h15-20,26H,4-14H2,1-3H3/q+1. The number of carbonyl (C=O) groups is 1. The van der Waals surface area contributed by atoms with Crippen molar-refractivity contribution in [3.05, 3.63) is 0 Å². The van der Waals surface area contributed by atoms with Crippen LogP contribution in [0.1, 0.15) is 45.4 Å². The molecule has 1 N–H and O–H groups in total. The summed E-state index contributed by atoms with van der Waals surface area (Å²) in [5, 5.41) is 0. The van der Waals surface area contributed by atoms with E-state index < -0.39 is 34.2 Å². The quantitative estimate of drug-likeness (QED) is 0.610. The van der Waals surface area contributed by atoms with Crippen LogP contribution in [-0.2, 0) is 14.8 Å². The Balaban J connectivity index is 1.52. The van der Waals surface area contributed by atoms with Gasteiger partial charge in [0.2, 0.25) is 15.9 Å². The smallest absolute Gasteiger partial charge is 0.342 e. The highest BCUT2D eigenvalue weighted by molar-refractivity contribution is 7.88. The van der Waals surface area contributed by atoms with Crippen LogP contribution < -0.4 is 5.43 Å². The summed E-state index contributed by atoms with van der Waals surface area (Å²) >= 11 is 0. The molecule has 4 aliphatic heterocycles. The van der Waals surface area contributed by atoms with Crippen LogP contribution in [0.25, 0.3) is 0 Å². The summed E-state index contributed by atoms with van der Waals surface area (Å²) in [6, 6.07) is -2.25. The van der Waals surface area contributed by atoms with Crippen molar-refractivity contribution in [3.63, 3.8) is 0 Å². The minimum Gasteiger partial charge on any atom is -0.342 e. The topological polar surface area (TPSA) is 69.7 Å². The lowest BCUT2D eigenvalue weighted by Crippen LogP contribution is -2.61. The van der Waals surface area contributed by atoms with Crippen molar-refractivity contribution >= 4 is 15.9 Å². The molecule has 0 aromatic carbocycles. The van der Waals surface area contributed by atoms with Gasteiger partial charge in [0.15, 0.2) is 6.04 Å². The molecule has 0 aromatic rings. The molecule has 190 valence electrons. The molecule has 5 atom stereocenters. The summed E-state index contributed by atoms with van der Waals surface area (Å²) in [7, 11) is -1.42. The number of carbonyl (C=O) groups excluding carboxylic acids is 1. The molecular formula is C22H38F3N4O3S+. The van der Waals surface area contributed by atoms with Gasteiger partial charge in [-0.1, -0.05) is 6.92 Å². The number of alkyl halides is 3. The van der Waals surface area contributed by atoms with Crippen molar-refractivity contribution in [2.75, 3.05) is 46.0 Å². The summed E-state index contributed by atoms with van der Waals surface area (Å²) in [6.07, 6.45) is 1.21. The Morgan fingerprint density at radius 2 is 1.61 bits per heavy atom. The molecule has 11 heteroatoms. The fourth-order valence-corrected chi connectivity index (χ4v) is 7.55. The number of sulfonamides is 1. The number of quaternary nitrogens is 1. The molecule has 7 nitrogen and oxygen atoms in total. The molecule has 0 radical (unpaired) electrons. The fourth-order valence-electron chi connectivity index (χ4n) is 6.67. The van der Waals surface area contributed by atoms with Crippen molar-refractivity contribution in [2.45, 2.75) is 63.7 Å². The minimum absolute atomic E-state index is 0.0868. The predicted molar refractivity (Wildman–Crippen MR) is 118 cm³/mol. The van der Waals surface area contributed by atoms with Gasteiger partial charge < -0.3 is 4.90 Å². The van der Waals surface area contributed by atoms with Gasteiger partial charge in [0.1, 0.15) is 12.0 Å². The van der Waals surface area contributed by atoms with Gasteiger partial charge in [-0.3, -0.25) is 4.79 Å². The molecule has 0 bridgehead atoms. The van der Waals surface area contributed by atoms with Gasteiger partial charge >= 0.3 is 6.18 Å². The van der Waals surface area contributed by atoms with E-state index >= 15 is 0 Å². The molecule has 33 heavy (non-hydrogen) atoms. The minimum atomic E-state index is -4.49. The largest absolute Gasteiger partial charge is 0.409 e. The van der Waals surface area contributed by atoms with Crippen molar-refractivity contribution in [3.8, 4) is 0 Å². The highest BCUT2D eigenvalue weighted by Gasteiger charge is 2.65. The van der Waals surface area contributed by atoms with Crippen LogP contribution >= 0.6 is 0 Å². The van der Waals surface area contributed by atoms with E-state index in [1.165, 1.54) is 10.6 Å². The number of halogens is 3. The highest BCUT2D eigenvalue weighted by atomic mass is 32.2. The number of fused-ring (bicyclic) bond motifs is 1. The van der Waals surface area contributed by atoms with Crippen molar-refractivity contribution in [2.24, 2.45) is 23.7 Å². The number of rotatable bonds is 3. The van der Waals surface area contributed by atoms with Crippen LogP contribution in [0.3, 0.4) is 0 Å². The van der Waals surface area contributed by atoms with E-state index in [9.17, 15) is 26.4 Å². The van der Waals surface area contributed by atoms with Gasteiger partial charge in [0.05, 0.1) is 19.8 Å². The van der Waals surface area contributed by atoms with E-state index in [0.29, 0.717) is 45.1 Å². The summed E-state index contributed by atoms with van der Waals surface area (Å²) in [4.78, 5) is 15.2. The molecule has 4 heterocycles. The Labute approximate surface area is 195 Å². The molecule has 4 rings (SSSR count). The Kier molecular flexibility index (Phi) is 6.83. The molecule has 4 fully saturated rings. The maximum absolute atomic E-state index is 14.1.